The molecule has 0 amide bonds. The summed E-state index contributed by atoms with van der Waals surface area (Å²) in [4.78, 5) is 9.80. The third kappa shape index (κ3) is 2.27. The van der Waals surface area contributed by atoms with E-state index >= 15 is 0 Å². The first kappa shape index (κ1) is 8.59. The summed E-state index contributed by atoms with van der Waals surface area (Å²) in [6.45, 7) is 0.709. The number of aromatic hydroxyl groups is 1. The van der Waals surface area contributed by atoms with Crippen molar-refractivity contribution in [3.8, 4) is 5.75 Å². The van der Waals surface area contributed by atoms with Crippen molar-refractivity contribution in [3.05, 3.63) is 29.8 Å². The van der Waals surface area contributed by atoms with Crippen LogP contribution in [0.4, 0.5) is 0 Å². The van der Waals surface area contributed by atoms with E-state index in [0.717, 1.165) is 5.56 Å². The van der Waals surface area contributed by atoms with Crippen LogP contribution in [0.1, 0.15) is 5.56 Å². The van der Waals surface area contributed by atoms with Crippen LogP contribution in [-0.4, -0.2) is 18.2 Å². The molecule has 1 rings (SSSR count). The summed E-state index contributed by atoms with van der Waals surface area (Å²) in [6, 6.07) is 6.98. The van der Waals surface area contributed by atoms with E-state index in [2.05, 4.69) is 4.74 Å². The van der Waals surface area contributed by atoms with Crippen LogP contribution in [0.3, 0.4) is 0 Å². The van der Waals surface area contributed by atoms with Crippen molar-refractivity contribution in [1.82, 2.24) is 0 Å². The van der Waals surface area contributed by atoms with Gasteiger partial charge in [0.15, 0.2) is 0 Å². The van der Waals surface area contributed by atoms with E-state index in [0.29, 0.717) is 19.5 Å². The number of phenolic OH excluding ortho intramolecular Hbond substituents is 1. The molecule has 0 radical (unpaired) electrons. The molecule has 0 fully saturated rings. The zero-order chi connectivity index (χ0) is 8.81. The molecule has 0 spiro atoms. The van der Waals surface area contributed by atoms with Gasteiger partial charge in [0.1, 0.15) is 5.75 Å². The number of benzene rings is 1. The molecule has 0 aromatic heterocycles. The van der Waals surface area contributed by atoms with E-state index in [1.54, 1.807) is 18.2 Å². The SMILES string of the molecule is O=COCCc1ccccc1O. The van der Waals surface area contributed by atoms with Gasteiger partial charge in [0.2, 0.25) is 0 Å². The van der Waals surface area contributed by atoms with Crippen molar-refractivity contribution < 1.29 is 14.6 Å². The van der Waals surface area contributed by atoms with Gasteiger partial charge in [-0.15, -0.1) is 0 Å². The molecule has 0 bridgehead atoms. The van der Waals surface area contributed by atoms with Crippen LogP contribution in [0.5, 0.6) is 5.75 Å². The summed E-state index contributed by atoms with van der Waals surface area (Å²) in [7, 11) is 0. The van der Waals surface area contributed by atoms with Crippen molar-refractivity contribution in [2.75, 3.05) is 6.61 Å². The average molecular weight is 166 g/mol. The van der Waals surface area contributed by atoms with Crippen LogP contribution < -0.4 is 0 Å². The first-order valence-electron chi connectivity index (χ1n) is 3.66. The lowest BCUT2D eigenvalue weighted by Gasteiger charge is -2.01. The number of rotatable bonds is 4. The standard InChI is InChI=1S/C9H10O3/c10-7-12-6-5-8-3-1-2-4-9(8)11/h1-4,7,11H,5-6H2. The number of phenols is 1. The molecule has 3 nitrogen and oxygen atoms in total. The van der Waals surface area contributed by atoms with Crippen LogP contribution in [0, 0.1) is 0 Å². The van der Waals surface area contributed by atoms with Crippen molar-refractivity contribution in [1.29, 1.82) is 0 Å². The number of hydrogen-bond donors (Lipinski definition) is 1. The summed E-state index contributed by atoms with van der Waals surface area (Å²) in [5.41, 5.74) is 0.791. The van der Waals surface area contributed by atoms with E-state index < -0.39 is 0 Å². The Morgan fingerprint density at radius 3 is 2.83 bits per heavy atom. The Balaban J connectivity index is 2.51. The van der Waals surface area contributed by atoms with Crippen molar-refractivity contribution in [2.45, 2.75) is 6.42 Å². The molecule has 0 atom stereocenters. The van der Waals surface area contributed by atoms with Gasteiger partial charge in [0.05, 0.1) is 6.61 Å². The van der Waals surface area contributed by atoms with Gasteiger partial charge >= 0.3 is 0 Å². The number of carbonyl (C=O) groups is 1. The summed E-state index contributed by atoms with van der Waals surface area (Å²) >= 11 is 0. The smallest absolute Gasteiger partial charge is 0.293 e. The third-order valence-corrected chi connectivity index (χ3v) is 1.55. The lowest BCUT2D eigenvalue weighted by atomic mass is 10.1. The minimum Gasteiger partial charge on any atom is -0.508 e. The molecule has 64 valence electrons. The van der Waals surface area contributed by atoms with Crippen LogP contribution in [0.25, 0.3) is 0 Å². The number of para-hydroxylation sites is 1. The highest BCUT2D eigenvalue weighted by molar-refractivity contribution is 5.37. The van der Waals surface area contributed by atoms with Gasteiger partial charge in [0.25, 0.3) is 6.47 Å². The largest absolute Gasteiger partial charge is 0.508 e. The molecule has 0 aliphatic heterocycles. The number of hydrogen-bond acceptors (Lipinski definition) is 3. The van der Waals surface area contributed by atoms with E-state index in [9.17, 15) is 9.90 Å². The molecular formula is C9H10O3. The monoisotopic (exact) mass is 166 g/mol. The summed E-state index contributed by atoms with van der Waals surface area (Å²) in [6.07, 6.45) is 0.547. The van der Waals surface area contributed by atoms with Crippen LogP contribution >= 0.6 is 0 Å². The Kier molecular flexibility index (Phi) is 3.14. The minimum absolute atomic E-state index is 0.243. The predicted octanol–water partition coefficient (Wildman–Crippen LogP) is 1.11. The molecule has 0 heterocycles. The maximum Gasteiger partial charge on any atom is 0.293 e. The fourth-order valence-electron chi connectivity index (χ4n) is 0.939. The molecule has 12 heavy (non-hydrogen) atoms. The molecule has 1 aromatic rings. The van der Waals surface area contributed by atoms with Crippen molar-refractivity contribution >= 4 is 6.47 Å². The van der Waals surface area contributed by atoms with E-state index in [-0.39, 0.29) is 5.75 Å². The normalized spacial score (nSPS) is 9.33. The molecule has 0 aliphatic rings. The molecule has 0 aliphatic carbocycles. The highest BCUT2D eigenvalue weighted by Gasteiger charge is 1.97. The van der Waals surface area contributed by atoms with Gasteiger partial charge in [-0.25, -0.2) is 0 Å². The van der Waals surface area contributed by atoms with E-state index in [4.69, 9.17) is 0 Å². The fraction of sp³-hybridized carbons (Fsp3) is 0.222. The Morgan fingerprint density at radius 2 is 2.17 bits per heavy atom. The van der Waals surface area contributed by atoms with Crippen LogP contribution in [0.15, 0.2) is 24.3 Å². The Morgan fingerprint density at radius 1 is 1.42 bits per heavy atom. The molecule has 0 saturated heterocycles. The second-order valence-corrected chi connectivity index (χ2v) is 2.35. The number of carbonyl (C=O) groups excluding carboxylic acids is 1. The number of ether oxygens (including phenoxy) is 1. The first-order chi connectivity index (χ1) is 5.84. The van der Waals surface area contributed by atoms with Gasteiger partial charge in [-0.2, -0.15) is 0 Å². The lowest BCUT2D eigenvalue weighted by Crippen LogP contribution is -1.96. The van der Waals surface area contributed by atoms with Gasteiger partial charge in [0, 0.05) is 6.42 Å². The molecule has 0 saturated carbocycles. The first-order valence-corrected chi connectivity index (χ1v) is 3.66. The predicted molar refractivity (Wildman–Crippen MR) is 43.8 cm³/mol. The zero-order valence-electron chi connectivity index (χ0n) is 6.56. The van der Waals surface area contributed by atoms with Gasteiger partial charge < -0.3 is 9.84 Å². The van der Waals surface area contributed by atoms with Gasteiger partial charge in [-0.05, 0) is 11.6 Å². The summed E-state index contributed by atoms with van der Waals surface area (Å²) < 4.78 is 4.50. The van der Waals surface area contributed by atoms with Crippen LogP contribution in [0.2, 0.25) is 0 Å². The van der Waals surface area contributed by atoms with E-state index in [1.807, 2.05) is 6.07 Å². The maximum absolute atomic E-state index is 9.80. The van der Waals surface area contributed by atoms with Gasteiger partial charge in [-0.1, -0.05) is 18.2 Å². The Labute approximate surface area is 70.6 Å². The minimum atomic E-state index is 0.243. The molecule has 0 unspecified atom stereocenters. The van der Waals surface area contributed by atoms with E-state index in [1.165, 1.54) is 0 Å². The second kappa shape index (κ2) is 4.38. The maximum atomic E-state index is 9.80. The van der Waals surface area contributed by atoms with Crippen molar-refractivity contribution in [3.63, 3.8) is 0 Å². The quantitative estimate of drug-likeness (QED) is 0.538. The van der Waals surface area contributed by atoms with Gasteiger partial charge in [-0.3, -0.25) is 4.79 Å². The Bertz CT molecular complexity index is 258. The molecular weight excluding hydrogens is 156 g/mol. The Hall–Kier alpha value is -1.51. The highest BCUT2D eigenvalue weighted by atomic mass is 16.5. The second-order valence-electron chi connectivity index (χ2n) is 2.35. The van der Waals surface area contributed by atoms with Crippen molar-refractivity contribution in [2.24, 2.45) is 0 Å². The highest BCUT2D eigenvalue weighted by Crippen LogP contribution is 2.15. The van der Waals surface area contributed by atoms with Crippen LogP contribution in [-0.2, 0) is 16.0 Å². The third-order valence-electron chi connectivity index (χ3n) is 1.55. The average Bonchev–Trinajstić information content (AvgIpc) is 2.09. The topological polar surface area (TPSA) is 46.5 Å². The molecule has 3 heteroatoms. The molecule has 1 N–H and O–H groups in total. The zero-order valence-corrected chi connectivity index (χ0v) is 6.56. The summed E-state index contributed by atoms with van der Waals surface area (Å²) in [5, 5.41) is 9.27. The lowest BCUT2D eigenvalue weighted by molar-refractivity contribution is -0.128. The fourth-order valence-corrected chi connectivity index (χ4v) is 0.939. The molecule has 1 aromatic carbocycles. The summed E-state index contributed by atoms with van der Waals surface area (Å²) in [5.74, 6) is 0.243.